The first kappa shape index (κ1) is 19.2. The number of nitrogens with one attached hydrogen (secondary N) is 2. The van der Waals surface area contributed by atoms with Crippen molar-refractivity contribution in [2.24, 2.45) is 0 Å². The number of ether oxygens (including phenoxy) is 1. The van der Waals surface area contributed by atoms with Crippen LogP contribution in [0.4, 0.5) is 16.8 Å². The smallest absolute Gasteiger partial charge is 0.230 e. The van der Waals surface area contributed by atoms with Crippen LogP contribution in [0.1, 0.15) is 31.4 Å². The Morgan fingerprint density at radius 2 is 1.97 bits per heavy atom. The molecule has 5 rings (SSSR count). The lowest BCUT2D eigenvalue weighted by Crippen LogP contribution is -2.46. The summed E-state index contributed by atoms with van der Waals surface area (Å²) in [6.45, 7) is 5.91. The molecule has 0 aromatic carbocycles. The van der Waals surface area contributed by atoms with Crippen LogP contribution < -0.4 is 10.6 Å². The number of morpholine rings is 1. The van der Waals surface area contributed by atoms with Gasteiger partial charge in [0.2, 0.25) is 5.95 Å². The van der Waals surface area contributed by atoms with Gasteiger partial charge in [0.1, 0.15) is 10.8 Å². The summed E-state index contributed by atoms with van der Waals surface area (Å²) >= 11 is 3.13. The molecule has 1 aliphatic carbocycles. The molecule has 9 heteroatoms. The van der Waals surface area contributed by atoms with Crippen LogP contribution in [0.2, 0.25) is 0 Å². The molecular formula is C20H26N6OS2. The lowest BCUT2D eigenvalue weighted by atomic mass is 9.90. The maximum atomic E-state index is 5.50. The summed E-state index contributed by atoms with van der Waals surface area (Å²) in [7, 11) is 0. The van der Waals surface area contributed by atoms with Gasteiger partial charge in [-0.25, -0.2) is 4.98 Å². The normalized spacial score (nSPS) is 23.3. The molecule has 1 saturated heterocycles. The second-order valence-corrected chi connectivity index (χ2v) is 9.51. The second kappa shape index (κ2) is 8.51. The van der Waals surface area contributed by atoms with Gasteiger partial charge in [-0.1, -0.05) is 0 Å². The first-order valence-corrected chi connectivity index (χ1v) is 11.9. The van der Waals surface area contributed by atoms with Crippen molar-refractivity contribution in [1.29, 1.82) is 0 Å². The summed E-state index contributed by atoms with van der Waals surface area (Å²) in [4.78, 5) is 12.1. The van der Waals surface area contributed by atoms with E-state index in [2.05, 4.69) is 36.3 Å². The summed E-state index contributed by atoms with van der Waals surface area (Å²) < 4.78 is 11.0. The highest BCUT2D eigenvalue weighted by Crippen LogP contribution is 2.32. The van der Waals surface area contributed by atoms with E-state index < -0.39 is 0 Å². The second-order valence-electron chi connectivity index (χ2n) is 7.79. The largest absolute Gasteiger partial charge is 0.379 e. The first-order valence-electron chi connectivity index (χ1n) is 10.3. The molecule has 7 nitrogen and oxygen atoms in total. The Morgan fingerprint density at radius 1 is 1.14 bits per heavy atom. The van der Waals surface area contributed by atoms with Crippen molar-refractivity contribution in [3.05, 3.63) is 23.2 Å². The third kappa shape index (κ3) is 4.37. The standard InChI is InChI=1S/C20H26N6OS2/c1-13-12-17(29-25-13)23-20-22-16-6-11-28-18(16)19(24-20)21-14-2-4-15(5-3-14)26-7-9-27-10-8-26/h6,11-12,14-15H,2-5,7-10H2,1H3,(H2,21,22,23,24)/t14-,15-. The lowest BCUT2D eigenvalue weighted by molar-refractivity contribution is 0.00791. The van der Waals surface area contributed by atoms with Gasteiger partial charge in [-0.05, 0) is 61.7 Å². The van der Waals surface area contributed by atoms with E-state index in [9.17, 15) is 0 Å². The zero-order valence-corrected chi connectivity index (χ0v) is 18.2. The van der Waals surface area contributed by atoms with Crippen molar-refractivity contribution < 1.29 is 4.74 Å². The van der Waals surface area contributed by atoms with Gasteiger partial charge in [0, 0.05) is 25.2 Å². The highest BCUT2D eigenvalue weighted by Gasteiger charge is 2.27. The van der Waals surface area contributed by atoms with Gasteiger partial charge < -0.3 is 15.4 Å². The number of anilines is 3. The molecule has 0 atom stereocenters. The average Bonchev–Trinajstić information content (AvgIpc) is 3.38. The fourth-order valence-electron chi connectivity index (χ4n) is 4.27. The molecule has 2 fully saturated rings. The Bertz CT molecular complexity index is 959. The van der Waals surface area contributed by atoms with Crippen LogP contribution in [0, 0.1) is 6.92 Å². The maximum Gasteiger partial charge on any atom is 0.230 e. The minimum Gasteiger partial charge on any atom is -0.379 e. The van der Waals surface area contributed by atoms with E-state index in [1.54, 1.807) is 11.3 Å². The third-order valence-corrected chi connectivity index (χ3v) is 7.47. The van der Waals surface area contributed by atoms with Crippen LogP contribution in [0.3, 0.4) is 0 Å². The Kier molecular flexibility index (Phi) is 5.63. The highest BCUT2D eigenvalue weighted by atomic mass is 32.1. The first-order chi connectivity index (χ1) is 14.2. The topological polar surface area (TPSA) is 75.2 Å². The Morgan fingerprint density at radius 3 is 2.72 bits per heavy atom. The number of nitrogens with zero attached hydrogens (tertiary/aromatic N) is 4. The van der Waals surface area contributed by atoms with Gasteiger partial charge in [0.15, 0.2) is 0 Å². The van der Waals surface area contributed by atoms with Gasteiger partial charge in [-0.2, -0.15) is 9.36 Å². The van der Waals surface area contributed by atoms with Crippen LogP contribution in [-0.4, -0.2) is 57.6 Å². The molecule has 3 aromatic heterocycles. The van der Waals surface area contributed by atoms with Crippen LogP contribution >= 0.6 is 22.9 Å². The van der Waals surface area contributed by atoms with E-state index in [1.807, 2.05) is 13.0 Å². The van der Waals surface area contributed by atoms with Gasteiger partial charge in [-0.15, -0.1) is 11.3 Å². The highest BCUT2D eigenvalue weighted by molar-refractivity contribution is 7.17. The molecule has 4 heterocycles. The number of hydrogen-bond acceptors (Lipinski definition) is 9. The number of thiophene rings is 1. The summed E-state index contributed by atoms with van der Waals surface area (Å²) in [6, 6.07) is 5.25. The minimum atomic E-state index is 0.464. The molecule has 29 heavy (non-hydrogen) atoms. The fraction of sp³-hybridized carbons (Fsp3) is 0.550. The number of aromatic nitrogens is 3. The summed E-state index contributed by atoms with van der Waals surface area (Å²) in [5.74, 6) is 1.58. The third-order valence-electron chi connectivity index (χ3n) is 5.77. The molecule has 0 amide bonds. The molecule has 1 aliphatic heterocycles. The quantitative estimate of drug-likeness (QED) is 0.626. The minimum absolute atomic E-state index is 0.464. The monoisotopic (exact) mass is 430 g/mol. The van der Waals surface area contributed by atoms with Gasteiger partial charge in [0.25, 0.3) is 0 Å². The van der Waals surface area contributed by atoms with Crippen LogP contribution in [0.15, 0.2) is 17.5 Å². The van der Waals surface area contributed by atoms with Crippen molar-refractivity contribution in [1.82, 2.24) is 19.2 Å². The number of hydrogen-bond donors (Lipinski definition) is 2. The van der Waals surface area contributed by atoms with Crippen molar-refractivity contribution in [2.45, 2.75) is 44.7 Å². The molecule has 2 N–H and O–H groups in total. The zero-order valence-electron chi connectivity index (χ0n) is 16.6. The SMILES string of the molecule is Cc1cc(Nc2nc(N[C@H]3CC[C@H](N4CCOCC4)CC3)c3sccc3n2)sn1. The van der Waals surface area contributed by atoms with Crippen molar-refractivity contribution in [2.75, 3.05) is 36.9 Å². The predicted molar refractivity (Wildman–Crippen MR) is 120 cm³/mol. The molecule has 0 radical (unpaired) electrons. The molecular weight excluding hydrogens is 404 g/mol. The Labute approximate surface area is 178 Å². The number of fused-ring (bicyclic) bond motifs is 1. The molecule has 0 bridgehead atoms. The van der Waals surface area contributed by atoms with Crippen LogP contribution in [-0.2, 0) is 4.74 Å². The van der Waals surface area contributed by atoms with Crippen molar-refractivity contribution in [3.63, 3.8) is 0 Å². The van der Waals surface area contributed by atoms with Crippen molar-refractivity contribution in [3.8, 4) is 0 Å². The van der Waals surface area contributed by atoms with Gasteiger partial charge in [-0.3, -0.25) is 4.90 Å². The summed E-state index contributed by atoms with van der Waals surface area (Å²) in [6.07, 6.45) is 4.83. The zero-order chi connectivity index (χ0) is 19.6. The van der Waals surface area contributed by atoms with E-state index in [4.69, 9.17) is 9.72 Å². The van der Waals surface area contributed by atoms with Gasteiger partial charge in [0.05, 0.1) is 29.1 Å². The Hall–Kier alpha value is -1.81. The fourth-order valence-corrected chi connectivity index (χ4v) is 5.71. The molecule has 154 valence electrons. The summed E-state index contributed by atoms with van der Waals surface area (Å²) in [5, 5.41) is 10.1. The Balaban J connectivity index is 1.28. The molecule has 3 aromatic rings. The number of aryl methyl sites for hydroxylation is 1. The predicted octanol–water partition coefficient (Wildman–Crippen LogP) is 4.26. The lowest BCUT2D eigenvalue weighted by Gasteiger charge is -2.39. The molecule has 0 unspecified atom stereocenters. The molecule has 1 saturated carbocycles. The van der Waals surface area contributed by atoms with Crippen molar-refractivity contribution >= 4 is 49.9 Å². The van der Waals surface area contributed by atoms with E-state index >= 15 is 0 Å². The maximum absolute atomic E-state index is 5.50. The van der Waals surface area contributed by atoms with E-state index in [1.165, 1.54) is 37.2 Å². The van der Waals surface area contributed by atoms with E-state index in [0.29, 0.717) is 18.0 Å². The molecule has 2 aliphatic rings. The summed E-state index contributed by atoms with van der Waals surface area (Å²) in [5.41, 5.74) is 1.99. The van der Waals surface area contributed by atoms with E-state index in [0.717, 1.165) is 53.0 Å². The van der Waals surface area contributed by atoms with Gasteiger partial charge >= 0.3 is 0 Å². The van der Waals surface area contributed by atoms with E-state index in [-0.39, 0.29) is 0 Å². The number of rotatable bonds is 5. The molecule has 0 spiro atoms. The van der Waals surface area contributed by atoms with Crippen LogP contribution in [0.5, 0.6) is 0 Å². The average molecular weight is 431 g/mol. The van der Waals surface area contributed by atoms with Crippen LogP contribution in [0.25, 0.3) is 10.2 Å².